The Labute approximate surface area is 117 Å². The molecule has 1 aromatic carbocycles. The number of benzene rings is 1. The fourth-order valence-corrected chi connectivity index (χ4v) is 2.13. The van der Waals surface area contributed by atoms with E-state index >= 15 is 0 Å². The molecule has 1 heterocycles. The Morgan fingerprint density at radius 1 is 1.11 bits per heavy atom. The van der Waals surface area contributed by atoms with Crippen molar-refractivity contribution in [1.82, 2.24) is 4.98 Å². The van der Waals surface area contributed by atoms with E-state index in [0.717, 1.165) is 0 Å². The van der Waals surface area contributed by atoms with Crippen molar-refractivity contribution >= 4 is 40.5 Å². The second kappa shape index (κ2) is 5.10. The van der Waals surface area contributed by atoms with Gasteiger partial charge in [-0.2, -0.15) is 0 Å². The van der Waals surface area contributed by atoms with Crippen LogP contribution in [-0.2, 0) is 0 Å². The number of halogens is 3. The molecule has 7 heteroatoms. The number of pyridine rings is 1. The number of rotatable bonds is 2. The molecule has 0 aliphatic heterocycles. The van der Waals surface area contributed by atoms with E-state index in [2.05, 4.69) is 4.98 Å². The van der Waals surface area contributed by atoms with Crippen LogP contribution < -0.4 is 0 Å². The van der Waals surface area contributed by atoms with Crippen molar-refractivity contribution in [3.8, 4) is 11.3 Å². The van der Waals surface area contributed by atoms with Crippen LogP contribution in [0.1, 0.15) is 0 Å². The summed E-state index contributed by atoms with van der Waals surface area (Å²) in [6.45, 7) is 0. The van der Waals surface area contributed by atoms with Crippen LogP contribution in [0.2, 0.25) is 15.2 Å². The predicted octanol–water partition coefficient (Wildman–Crippen LogP) is 4.62. The van der Waals surface area contributed by atoms with Gasteiger partial charge in [-0.25, -0.2) is 4.98 Å². The van der Waals surface area contributed by atoms with E-state index in [1.54, 1.807) is 12.1 Å². The first-order chi connectivity index (χ1) is 8.47. The van der Waals surface area contributed by atoms with Crippen LogP contribution in [0.5, 0.6) is 0 Å². The lowest BCUT2D eigenvalue weighted by atomic mass is 10.1. The molecule has 0 N–H and O–H groups in total. The number of nitro groups is 1. The largest absolute Gasteiger partial charge is 0.274 e. The Morgan fingerprint density at radius 2 is 1.83 bits per heavy atom. The van der Waals surface area contributed by atoms with Crippen LogP contribution in [0.4, 0.5) is 5.69 Å². The molecule has 2 aromatic rings. The van der Waals surface area contributed by atoms with Crippen molar-refractivity contribution in [2.45, 2.75) is 0 Å². The van der Waals surface area contributed by atoms with Crippen molar-refractivity contribution in [3.05, 3.63) is 55.6 Å². The van der Waals surface area contributed by atoms with Crippen molar-refractivity contribution in [1.29, 1.82) is 0 Å². The summed E-state index contributed by atoms with van der Waals surface area (Å²) < 4.78 is 0. The topological polar surface area (TPSA) is 56.0 Å². The highest BCUT2D eigenvalue weighted by molar-refractivity contribution is 6.36. The van der Waals surface area contributed by atoms with Gasteiger partial charge in [-0.05, 0) is 18.2 Å². The minimum absolute atomic E-state index is 0.0326. The lowest BCUT2D eigenvalue weighted by Crippen LogP contribution is -1.92. The third-order valence-electron chi connectivity index (χ3n) is 2.20. The van der Waals surface area contributed by atoms with Gasteiger partial charge in [0.05, 0.1) is 21.7 Å². The zero-order valence-electron chi connectivity index (χ0n) is 8.73. The number of hydrogen-bond donors (Lipinski definition) is 0. The second-order valence-electron chi connectivity index (χ2n) is 3.41. The van der Waals surface area contributed by atoms with Gasteiger partial charge in [-0.1, -0.05) is 34.8 Å². The van der Waals surface area contributed by atoms with Crippen LogP contribution in [-0.4, -0.2) is 9.91 Å². The van der Waals surface area contributed by atoms with E-state index in [9.17, 15) is 10.1 Å². The Bertz CT molecular complexity index is 632. The SMILES string of the molecule is O=[N+]([O-])c1cc(Cl)nc(-c2ccc(Cl)cc2Cl)c1. The Hall–Kier alpha value is -1.36. The van der Waals surface area contributed by atoms with Gasteiger partial charge in [0.15, 0.2) is 0 Å². The summed E-state index contributed by atoms with van der Waals surface area (Å²) in [5.41, 5.74) is 0.721. The molecular formula is C11H5Cl3N2O2. The Morgan fingerprint density at radius 3 is 2.44 bits per heavy atom. The third kappa shape index (κ3) is 2.72. The molecule has 2 rings (SSSR count). The Kier molecular flexibility index (Phi) is 3.71. The molecule has 0 saturated carbocycles. The number of nitrogens with zero attached hydrogens (tertiary/aromatic N) is 2. The quantitative estimate of drug-likeness (QED) is 0.462. The van der Waals surface area contributed by atoms with Gasteiger partial charge in [0.2, 0.25) is 0 Å². The first-order valence-electron chi connectivity index (χ1n) is 4.75. The monoisotopic (exact) mass is 302 g/mol. The molecular weight excluding hydrogens is 298 g/mol. The average Bonchev–Trinajstić information content (AvgIpc) is 2.27. The van der Waals surface area contributed by atoms with E-state index in [4.69, 9.17) is 34.8 Å². The van der Waals surface area contributed by atoms with Gasteiger partial charge < -0.3 is 0 Å². The molecule has 0 unspecified atom stereocenters. The summed E-state index contributed by atoms with van der Waals surface area (Å²) in [6, 6.07) is 7.27. The summed E-state index contributed by atoms with van der Waals surface area (Å²) in [4.78, 5) is 14.2. The first kappa shape index (κ1) is 13.1. The average molecular weight is 304 g/mol. The molecule has 0 fully saturated rings. The van der Waals surface area contributed by atoms with Crippen LogP contribution in [0.25, 0.3) is 11.3 Å². The molecule has 4 nitrogen and oxygen atoms in total. The maximum absolute atomic E-state index is 10.7. The van der Waals surface area contributed by atoms with Gasteiger partial charge in [-0.3, -0.25) is 10.1 Å². The standard InChI is InChI=1S/C11H5Cl3N2O2/c12-6-1-2-8(9(13)3-6)10-4-7(16(17)18)5-11(14)15-10/h1-5H. The highest BCUT2D eigenvalue weighted by atomic mass is 35.5. The summed E-state index contributed by atoms with van der Waals surface area (Å²) in [5.74, 6) is 0. The minimum Gasteiger partial charge on any atom is -0.258 e. The number of hydrogen-bond acceptors (Lipinski definition) is 3. The molecule has 0 aliphatic rings. The van der Waals surface area contributed by atoms with Gasteiger partial charge in [-0.15, -0.1) is 0 Å². The minimum atomic E-state index is -0.541. The fraction of sp³-hybridized carbons (Fsp3) is 0. The van der Waals surface area contributed by atoms with Crippen molar-refractivity contribution in [2.75, 3.05) is 0 Å². The molecule has 0 spiro atoms. The maximum atomic E-state index is 10.7. The fourth-order valence-electron chi connectivity index (χ4n) is 1.42. The molecule has 0 bridgehead atoms. The highest BCUT2D eigenvalue weighted by Gasteiger charge is 2.13. The van der Waals surface area contributed by atoms with E-state index in [-0.39, 0.29) is 10.8 Å². The van der Waals surface area contributed by atoms with Gasteiger partial charge in [0, 0.05) is 16.7 Å². The molecule has 1 aromatic heterocycles. The van der Waals surface area contributed by atoms with E-state index in [0.29, 0.717) is 21.3 Å². The van der Waals surface area contributed by atoms with Crippen molar-refractivity contribution < 1.29 is 4.92 Å². The van der Waals surface area contributed by atoms with Gasteiger partial charge in [0.1, 0.15) is 5.15 Å². The highest BCUT2D eigenvalue weighted by Crippen LogP contribution is 2.32. The van der Waals surface area contributed by atoms with Crippen LogP contribution in [0.15, 0.2) is 30.3 Å². The molecule has 92 valence electrons. The smallest absolute Gasteiger partial charge is 0.258 e. The lowest BCUT2D eigenvalue weighted by Gasteiger charge is -2.04. The third-order valence-corrected chi connectivity index (χ3v) is 2.94. The van der Waals surface area contributed by atoms with Crippen LogP contribution >= 0.6 is 34.8 Å². The van der Waals surface area contributed by atoms with Gasteiger partial charge in [0.25, 0.3) is 5.69 Å². The molecule has 0 amide bonds. The van der Waals surface area contributed by atoms with Crippen molar-refractivity contribution in [3.63, 3.8) is 0 Å². The van der Waals surface area contributed by atoms with Crippen LogP contribution in [0.3, 0.4) is 0 Å². The van der Waals surface area contributed by atoms with Gasteiger partial charge >= 0.3 is 0 Å². The van der Waals surface area contributed by atoms with E-state index in [1.807, 2.05) is 0 Å². The zero-order chi connectivity index (χ0) is 13.3. The molecule has 0 atom stereocenters. The van der Waals surface area contributed by atoms with Crippen molar-refractivity contribution in [2.24, 2.45) is 0 Å². The lowest BCUT2D eigenvalue weighted by molar-refractivity contribution is -0.384. The second-order valence-corrected chi connectivity index (χ2v) is 4.65. The predicted molar refractivity (Wildman–Crippen MR) is 71.4 cm³/mol. The molecule has 0 radical (unpaired) electrons. The summed E-state index contributed by atoms with van der Waals surface area (Å²) in [7, 11) is 0. The summed E-state index contributed by atoms with van der Waals surface area (Å²) in [6.07, 6.45) is 0. The maximum Gasteiger partial charge on any atom is 0.274 e. The van der Waals surface area contributed by atoms with E-state index in [1.165, 1.54) is 18.2 Å². The van der Waals surface area contributed by atoms with E-state index < -0.39 is 4.92 Å². The summed E-state index contributed by atoms with van der Waals surface area (Å²) in [5, 5.41) is 11.6. The van der Waals surface area contributed by atoms with Crippen LogP contribution in [0, 0.1) is 10.1 Å². The molecule has 0 saturated heterocycles. The zero-order valence-corrected chi connectivity index (χ0v) is 11.0. The first-order valence-corrected chi connectivity index (χ1v) is 5.88. The Balaban J connectivity index is 2.60. The molecule has 0 aliphatic carbocycles. The summed E-state index contributed by atoms with van der Waals surface area (Å²) >= 11 is 17.5. The molecule has 18 heavy (non-hydrogen) atoms. The number of aromatic nitrogens is 1. The normalized spacial score (nSPS) is 10.4.